The number of amides is 3. The van der Waals surface area contributed by atoms with Gasteiger partial charge in [-0.15, -0.1) is 6.58 Å². The molecule has 276 valence electrons. The van der Waals surface area contributed by atoms with Crippen molar-refractivity contribution in [3.63, 3.8) is 0 Å². The molecular weight excluding hydrogens is 636 g/mol. The van der Waals surface area contributed by atoms with E-state index in [9.17, 15) is 32.7 Å². The van der Waals surface area contributed by atoms with Crippen LogP contribution in [0.1, 0.15) is 94.4 Å². The van der Waals surface area contributed by atoms with Crippen LogP contribution in [-0.2, 0) is 29.2 Å². The molecule has 0 aromatic carbocycles. The number of aliphatic hydroxyl groups is 1. The molecule has 2 rings (SSSR count). The van der Waals surface area contributed by atoms with Crippen LogP contribution in [0.2, 0.25) is 0 Å². The molecule has 0 saturated carbocycles. The molecule has 6 atom stereocenters. The summed E-state index contributed by atoms with van der Waals surface area (Å²) < 4.78 is 27.0. The maximum atomic E-state index is 14.4. The van der Waals surface area contributed by atoms with Crippen molar-refractivity contribution in [1.29, 1.82) is 0 Å². The summed E-state index contributed by atoms with van der Waals surface area (Å²) in [4.78, 5) is 55.3. The Bertz CT molecular complexity index is 1240. The van der Waals surface area contributed by atoms with Crippen LogP contribution in [0.25, 0.3) is 0 Å². The fourth-order valence-electron chi connectivity index (χ4n) is 6.40. The number of Topliss-reactive ketones (excluding diaryl/α,β-unsaturated/α-hetero) is 1. The molecule has 0 radical (unpaired) electrons. The summed E-state index contributed by atoms with van der Waals surface area (Å²) in [7, 11) is -3.39. The zero-order chi connectivity index (χ0) is 36.6. The standard InChI is InChI=1S/C34H62N6O7S/c1-11-15-24(27(41)30(43)35-17-12-2)36-29(42)26-23(22(3)4)16-19-40(26)31(44)28(34(8,9)10)38-32(45)37-25(33(5,6)7)21-39-18-13-14-20-48(39,46)47/h12,22-26,28,32,37-38,45H,2,11,13-21H2,1,3-10H3,(H,35,43)(H,36,42)/t23-,24?,25-,26+,28-,32?/m1/s1. The summed E-state index contributed by atoms with van der Waals surface area (Å²) in [5.74, 6) is -2.48. The van der Waals surface area contributed by atoms with Gasteiger partial charge in [0.05, 0.1) is 17.8 Å². The van der Waals surface area contributed by atoms with Crippen molar-refractivity contribution < 1.29 is 32.7 Å². The monoisotopic (exact) mass is 698 g/mol. The highest BCUT2D eigenvalue weighted by Gasteiger charge is 2.48. The highest BCUT2D eigenvalue weighted by molar-refractivity contribution is 7.89. The third-order valence-electron chi connectivity index (χ3n) is 9.38. The van der Waals surface area contributed by atoms with E-state index in [2.05, 4.69) is 27.8 Å². The lowest BCUT2D eigenvalue weighted by atomic mass is 9.84. The van der Waals surface area contributed by atoms with Crippen molar-refractivity contribution >= 4 is 33.5 Å². The molecule has 3 amide bonds. The molecule has 48 heavy (non-hydrogen) atoms. The van der Waals surface area contributed by atoms with E-state index in [-0.39, 0.29) is 43.0 Å². The van der Waals surface area contributed by atoms with Crippen molar-refractivity contribution in [3.05, 3.63) is 12.7 Å². The number of ketones is 1. The normalized spacial score (nSPS) is 22.9. The second-order valence-electron chi connectivity index (χ2n) is 15.7. The molecule has 2 unspecified atom stereocenters. The highest BCUT2D eigenvalue weighted by Crippen LogP contribution is 2.34. The zero-order valence-corrected chi connectivity index (χ0v) is 31.4. The Morgan fingerprint density at radius 3 is 2.17 bits per heavy atom. The third kappa shape index (κ3) is 11.3. The topological polar surface area (TPSA) is 177 Å². The second kappa shape index (κ2) is 17.5. The van der Waals surface area contributed by atoms with Crippen molar-refractivity contribution in [2.24, 2.45) is 22.7 Å². The van der Waals surface area contributed by atoms with E-state index in [0.29, 0.717) is 32.4 Å². The van der Waals surface area contributed by atoms with Crippen LogP contribution in [0.3, 0.4) is 0 Å². The molecule has 14 heteroatoms. The summed E-state index contributed by atoms with van der Waals surface area (Å²) in [6.07, 6.45) is 2.87. The van der Waals surface area contributed by atoms with Gasteiger partial charge in [-0.1, -0.05) is 74.8 Å². The lowest BCUT2D eigenvalue weighted by Gasteiger charge is -2.41. The van der Waals surface area contributed by atoms with Crippen LogP contribution in [0.5, 0.6) is 0 Å². The molecule has 2 aliphatic heterocycles. The van der Waals surface area contributed by atoms with E-state index in [1.165, 1.54) is 15.3 Å². The Kier molecular flexibility index (Phi) is 15.2. The van der Waals surface area contributed by atoms with Crippen LogP contribution in [0, 0.1) is 22.7 Å². The average molecular weight is 699 g/mol. The van der Waals surface area contributed by atoms with Crippen LogP contribution in [0.15, 0.2) is 12.7 Å². The molecule has 0 aliphatic carbocycles. The van der Waals surface area contributed by atoms with Crippen molar-refractivity contribution in [2.75, 3.05) is 31.9 Å². The Morgan fingerprint density at radius 2 is 1.65 bits per heavy atom. The van der Waals surface area contributed by atoms with Gasteiger partial charge in [0.1, 0.15) is 6.04 Å². The predicted molar refractivity (Wildman–Crippen MR) is 187 cm³/mol. The summed E-state index contributed by atoms with van der Waals surface area (Å²) in [6.45, 7) is 21.8. The number of hydrogen-bond donors (Lipinski definition) is 5. The molecule has 0 aromatic heterocycles. The summed E-state index contributed by atoms with van der Waals surface area (Å²) in [5.41, 5.74) is -1.14. The highest BCUT2D eigenvalue weighted by atomic mass is 32.2. The first-order chi connectivity index (χ1) is 22.1. The van der Waals surface area contributed by atoms with Gasteiger partial charge < -0.3 is 20.6 Å². The van der Waals surface area contributed by atoms with E-state index in [0.717, 1.165) is 6.42 Å². The summed E-state index contributed by atoms with van der Waals surface area (Å²) >= 11 is 0. The molecule has 2 saturated heterocycles. The minimum Gasteiger partial charge on any atom is -0.365 e. The van der Waals surface area contributed by atoms with Gasteiger partial charge >= 0.3 is 0 Å². The number of sulfonamides is 1. The van der Waals surface area contributed by atoms with Crippen molar-refractivity contribution in [1.82, 2.24) is 30.5 Å². The van der Waals surface area contributed by atoms with Gasteiger partial charge in [0.15, 0.2) is 6.35 Å². The quantitative estimate of drug-likeness (QED) is 0.0913. The van der Waals surface area contributed by atoms with E-state index < -0.39 is 69.0 Å². The number of carbonyl (C=O) groups excluding carboxylic acids is 4. The minimum absolute atomic E-state index is 0.0432. The van der Waals surface area contributed by atoms with Gasteiger partial charge in [-0.2, -0.15) is 0 Å². The SMILES string of the molecule is C=CCNC(=O)C(=O)C(CCC)NC(=O)[C@@H]1[C@@H](C(C)C)CCN1C(=O)[C@@H](NC(O)N[C@H](CN1CCCCS1(=O)=O)C(C)(C)C)C(C)(C)C. The number of rotatable bonds is 16. The molecule has 5 N–H and O–H groups in total. The van der Waals surface area contributed by atoms with Crippen molar-refractivity contribution in [3.8, 4) is 0 Å². The van der Waals surface area contributed by atoms with E-state index in [4.69, 9.17) is 0 Å². The second-order valence-corrected chi connectivity index (χ2v) is 17.8. The number of aliphatic hydroxyl groups excluding tert-OH is 1. The van der Waals surface area contributed by atoms with Crippen LogP contribution in [0.4, 0.5) is 0 Å². The Hall–Kier alpha value is -2.39. The zero-order valence-electron chi connectivity index (χ0n) is 30.6. The van der Waals surface area contributed by atoms with Gasteiger partial charge in [-0.3, -0.25) is 29.8 Å². The van der Waals surface area contributed by atoms with E-state index in [1.807, 2.05) is 62.3 Å². The van der Waals surface area contributed by atoms with Crippen LogP contribution < -0.4 is 21.3 Å². The van der Waals surface area contributed by atoms with E-state index in [1.54, 1.807) is 0 Å². The number of nitrogens with zero attached hydrogens (tertiary/aromatic N) is 2. The Labute approximate surface area is 288 Å². The third-order valence-corrected chi connectivity index (χ3v) is 11.3. The fourth-order valence-corrected chi connectivity index (χ4v) is 8.01. The largest absolute Gasteiger partial charge is 0.365 e. The Balaban J connectivity index is 2.32. The first-order valence-corrected chi connectivity index (χ1v) is 19.0. The number of likely N-dealkylation sites (tertiary alicyclic amines) is 1. The maximum absolute atomic E-state index is 14.4. The lowest BCUT2D eigenvalue weighted by molar-refractivity contribution is -0.146. The van der Waals surface area contributed by atoms with Crippen LogP contribution >= 0.6 is 0 Å². The van der Waals surface area contributed by atoms with Gasteiger partial charge in [-0.25, -0.2) is 12.7 Å². The first kappa shape index (κ1) is 41.8. The van der Waals surface area contributed by atoms with Gasteiger partial charge in [0, 0.05) is 32.2 Å². The molecular formula is C34H62N6O7S. The maximum Gasteiger partial charge on any atom is 0.289 e. The van der Waals surface area contributed by atoms with Crippen molar-refractivity contribution in [2.45, 2.75) is 125 Å². The molecule has 0 bridgehead atoms. The number of carbonyl (C=O) groups is 4. The molecule has 0 spiro atoms. The fraction of sp³-hybridized carbons (Fsp3) is 0.824. The van der Waals surface area contributed by atoms with E-state index >= 15 is 0 Å². The smallest absolute Gasteiger partial charge is 0.289 e. The molecule has 0 aromatic rings. The first-order valence-electron chi connectivity index (χ1n) is 17.4. The van der Waals surface area contributed by atoms with Gasteiger partial charge in [-0.05, 0) is 48.3 Å². The summed E-state index contributed by atoms with van der Waals surface area (Å²) in [6, 6.07) is -3.31. The van der Waals surface area contributed by atoms with Crippen LogP contribution in [-0.4, -0.2) is 109 Å². The number of nitrogens with one attached hydrogen (secondary N) is 4. The summed E-state index contributed by atoms with van der Waals surface area (Å²) in [5, 5.41) is 22.8. The predicted octanol–water partition coefficient (Wildman–Crippen LogP) is 1.73. The Morgan fingerprint density at radius 1 is 1.00 bits per heavy atom. The lowest BCUT2D eigenvalue weighted by Crippen LogP contribution is -2.64. The molecule has 13 nitrogen and oxygen atoms in total. The molecule has 2 fully saturated rings. The number of hydrogen-bond acceptors (Lipinski definition) is 9. The van der Waals surface area contributed by atoms with Gasteiger partial charge in [0.25, 0.3) is 5.91 Å². The molecule has 2 aliphatic rings. The minimum atomic E-state index is -3.39. The van der Waals surface area contributed by atoms with Gasteiger partial charge in [0.2, 0.25) is 27.6 Å². The molecule has 2 heterocycles. The average Bonchev–Trinajstić information content (AvgIpc) is 3.43.